The fraction of sp³-hybridized carbons (Fsp3) is 0.0909. The highest BCUT2D eigenvalue weighted by atomic mass is 35.5. The molecule has 2 rings (SSSR count). The lowest BCUT2D eigenvalue weighted by Crippen LogP contribution is -2.03. The number of hydrogen-bond acceptors (Lipinski definition) is 6. The molecule has 0 unspecified atom stereocenters. The van der Waals surface area contributed by atoms with Gasteiger partial charge in [-0.2, -0.15) is 9.97 Å². The van der Waals surface area contributed by atoms with E-state index in [1.165, 1.54) is 7.11 Å². The van der Waals surface area contributed by atoms with E-state index < -0.39 is 11.8 Å². The molecule has 0 aliphatic rings. The fourth-order valence-electron chi connectivity index (χ4n) is 1.31. The molecule has 2 aromatic rings. The molecule has 0 atom stereocenters. The summed E-state index contributed by atoms with van der Waals surface area (Å²) in [5, 5.41) is 8.78. The van der Waals surface area contributed by atoms with Crippen molar-refractivity contribution in [2.45, 2.75) is 0 Å². The maximum atomic E-state index is 13.2. The van der Waals surface area contributed by atoms with Crippen LogP contribution < -0.4 is 9.47 Å². The number of benzene rings is 1. The van der Waals surface area contributed by atoms with E-state index in [-0.39, 0.29) is 28.6 Å². The van der Waals surface area contributed by atoms with Crippen LogP contribution >= 0.6 is 11.6 Å². The molecular weight excluding hydrogens is 293 g/mol. The van der Waals surface area contributed by atoms with Crippen molar-refractivity contribution in [3.63, 3.8) is 0 Å². The van der Waals surface area contributed by atoms with Crippen LogP contribution in [0.3, 0.4) is 0 Å². The summed E-state index contributed by atoms with van der Waals surface area (Å²) < 4.78 is 23.0. The Kier molecular flexibility index (Phi) is 3.94. The second-order valence-corrected chi connectivity index (χ2v) is 3.76. The first-order chi connectivity index (χ1) is 9.49. The summed E-state index contributed by atoms with van der Waals surface area (Å²) in [7, 11) is 1.31. The van der Waals surface area contributed by atoms with Crippen LogP contribution in [0.4, 0.5) is 4.39 Å². The van der Waals surface area contributed by atoms with Gasteiger partial charge in [0.1, 0.15) is 17.1 Å². The quantitative estimate of drug-likeness (QED) is 0.924. The van der Waals surface area contributed by atoms with E-state index in [0.717, 1.165) is 18.2 Å². The molecule has 7 nitrogen and oxygen atoms in total. The van der Waals surface area contributed by atoms with Crippen molar-refractivity contribution in [3.05, 3.63) is 34.9 Å². The molecule has 0 aliphatic carbocycles. The summed E-state index contributed by atoms with van der Waals surface area (Å²) in [5.74, 6) is -2.22. The van der Waals surface area contributed by atoms with Crippen LogP contribution in [0, 0.1) is 5.82 Å². The van der Waals surface area contributed by atoms with E-state index >= 15 is 0 Å². The number of nitrogens with zero attached hydrogens (tertiary/aromatic N) is 3. The van der Waals surface area contributed by atoms with Crippen molar-refractivity contribution in [1.82, 2.24) is 15.0 Å². The smallest absolute Gasteiger partial charge is 0.339 e. The minimum absolute atomic E-state index is 0.117. The fourth-order valence-corrected chi connectivity index (χ4v) is 1.45. The Hall–Kier alpha value is -2.48. The third kappa shape index (κ3) is 3.09. The van der Waals surface area contributed by atoms with Gasteiger partial charge in [-0.25, -0.2) is 9.18 Å². The van der Waals surface area contributed by atoms with Crippen LogP contribution in [0.2, 0.25) is 5.28 Å². The average Bonchev–Trinajstić information content (AvgIpc) is 2.37. The van der Waals surface area contributed by atoms with Crippen molar-refractivity contribution in [1.29, 1.82) is 0 Å². The minimum atomic E-state index is -1.29. The average molecular weight is 300 g/mol. The maximum Gasteiger partial charge on any atom is 0.339 e. The Labute approximate surface area is 117 Å². The number of halogens is 2. The van der Waals surface area contributed by atoms with Gasteiger partial charge in [0.2, 0.25) is 5.28 Å². The van der Waals surface area contributed by atoms with Gasteiger partial charge in [0, 0.05) is 6.07 Å². The zero-order valence-corrected chi connectivity index (χ0v) is 10.8. The molecule has 1 aromatic carbocycles. The number of aromatic carboxylic acids is 1. The normalized spacial score (nSPS) is 10.2. The number of methoxy groups -OCH3 is 1. The topological polar surface area (TPSA) is 94.4 Å². The molecule has 0 saturated carbocycles. The van der Waals surface area contributed by atoms with Gasteiger partial charge in [0.15, 0.2) is 0 Å². The number of aromatic nitrogens is 3. The second kappa shape index (κ2) is 5.66. The number of carbonyl (C=O) groups is 1. The largest absolute Gasteiger partial charge is 0.478 e. The van der Waals surface area contributed by atoms with E-state index in [1.54, 1.807) is 0 Å². The molecule has 0 bridgehead atoms. The molecule has 1 aromatic heterocycles. The van der Waals surface area contributed by atoms with Crippen LogP contribution in [-0.2, 0) is 0 Å². The van der Waals surface area contributed by atoms with Crippen molar-refractivity contribution in [2.24, 2.45) is 0 Å². The molecule has 0 spiro atoms. The van der Waals surface area contributed by atoms with E-state index in [9.17, 15) is 9.18 Å². The number of ether oxygens (including phenoxy) is 2. The summed E-state index contributed by atoms with van der Waals surface area (Å²) in [4.78, 5) is 22.0. The van der Waals surface area contributed by atoms with Gasteiger partial charge in [-0.05, 0) is 23.7 Å². The van der Waals surface area contributed by atoms with Gasteiger partial charge in [-0.3, -0.25) is 0 Å². The van der Waals surface area contributed by atoms with Crippen LogP contribution in [0.25, 0.3) is 0 Å². The highest BCUT2D eigenvalue weighted by molar-refractivity contribution is 6.28. The summed E-state index contributed by atoms with van der Waals surface area (Å²) in [6, 6.07) is 2.53. The van der Waals surface area contributed by atoms with Crippen molar-refractivity contribution < 1.29 is 23.8 Å². The number of carboxylic acid groups (broad SMARTS) is 1. The number of rotatable bonds is 4. The second-order valence-electron chi connectivity index (χ2n) is 3.42. The Morgan fingerprint density at radius 1 is 1.30 bits per heavy atom. The lowest BCUT2D eigenvalue weighted by atomic mass is 10.2. The van der Waals surface area contributed by atoms with Gasteiger partial charge in [0.25, 0.3) is 0 Å². The molecule has 0 aliphatic heterocycles. The zero-order valence-electron chi connectivity index (χ0n) is 10.0. The molecule has 104 valence electrons. The first-order valence-corrected chi connectivity index (χ1v) is 5.53. The Bertz CT molecular complexity index is 668. The Balaban J connectivity index is 2.41. The molecule has 1 N–H and O–H groups in total. The molecule has 9 heteroatoms. The van der Waals surface area contributed by atoms with Crippen molar-refractivity contribution >= 4 is 17.6 Å². The number of carboxylic acids is 1. The molecular formula is C11H7ClFN3O4. The highest BCUT2D eigenvalue weighted by Crippen LogP contribution is 2.25. The van der Waals surface area contributed by atoms with Crippen molar-refractivity contribution in [2.75, 3.05) is 7.11 Å². The summed E-state index contributed by atoms with van der Waals surface area (Å²) >= 11 is 5.62. The van der Waals surface area contributed by atoms with Crippen LogP contribution in [0.1, 0.15) is 10.4 Å². The molecule has 20 heavy (non-hydrogen) atoms. The Morgan fingerprint density at radius 3 is 2.65 bits per heavy atom. The van der Waals surface area contributed by atoms with Gasteiger partial charge in [0.05, 0.1) is 7.11 Å². The van der Waals surface area contributed by atoms with Gasteiger partial charge in [-0.15, -0.1) is 4.98 Å². The van der Waals surface area contributed by atoms with Gasteiger partial charge < -0.3 is 14.6 Å². The summed E-state index contributed by atoms with van der Waals surface area (Å²) in [5.41, 5.74) is -0.248. The number of hydrogen-bond donors (Lipinski definition) is 1. The first kappa shape index (κ1) is 13.9. The monoisotopic (exact) mass is 299 g/mol. The van der Waals surface area contributed by atoms with E-state index in [4.69, 9.17) is 26.2 Å². The zero-order chi connectivity index (χ0) is 14.7. The van der Waals surface area contributed by atoms with Gasteiger partial charge in [-0.1, -0.05) is 0 Å². The molecule has 0 amide bonds. The molecule has 0 radical (unpaired) electrons. The molecule has 1 heterocycles. The molecule has 0 saturated heterocycles. The summed E-state index contributed by atoms with van der Waals surface area (Å²) in [6.07, 6.45) is 0. The van der Waals surface area contributed by atoms with E-state index in [0.29, 0.717) is 0 Å². The minimum Gasteiger partial charge on any atom is -0.478 e. The third-order valence-corrected chi connectivity index (χ3v) is 2.29. The third-order valence-electron chi connectivity index (χ3n) is 2.12. The SMILES string of the molecule is COc1nc(Cl)nc(Oc2cc(F)ccc2C(=O)O)n1. The van der Waals surface area contributed by atoms with Crippen LogP contribution in [0.15, 0.2) is 18.2 Å². The lowest BCUT2D eigenvalue weighted by Gasteiger charge is -2.07. The van der Waals surface area contributed by atoms with Crippen LogP contribution in [0.5, 0.6) is 17.8 Å². The van der Waals surface area contributed by atoms with E-state index in [2.05, 4.69) is 15.0 Å². The highest BCUT2D eigenvalue weighted by Gasteiger charge is 2.15. The first-order valence-electron chi connectivity index (χ1n) is 5.16. The maximum absolute atomic E-state index is 13.2. The predicted octanol–water partition coefficient (Wildman–Crippen LogP) is 2.16. The van der Waals surface area contributed by atoms with E-state index in [1.807, 2.05) is 0 Å². The standard InChI is InChI=1S/C11H7ClFN3O4/c1-19-10-14-9(12)15-11(16-10)20-7-4-5(13)2-3-6(7)8(17)18/h2-4H,1H3,(H,17,18). The van der Waals surface area contributed by atoms with Gasteiger partial charge >= 0.3 is 18.0 Å². The van der Waals surface area contributed by atoms with Crippen LogP contribution in [-0.4, -0.2) is 33.1 Å². The Morgan fingerprint density at radius 2 is 2.00 bits per heavy atom. The predicted molar refractivity (Wildman–Crippen MR) is 64.8 cm³/mol. The molecule has 0 fully saturated rings. The van der Waals surface area contributed by atoms with Crippen molar-refractivity contribution in [3.8, 4) is 17.8 Å². The summed E-state index contributed by atoms with van der Waals surface area (Å²) in [6.45, 7) is 0. The lowest BCUT2D eigenvalue weighted by molar-refractivity contribution is 0.0694.